The molecule has 22 heavy (non-hydrogen) atoms. The lowest BCUT2D eigenvalue weighted by Crippen LogP contribution is -2.32. The third kappa shape index (κ3) is 4.55. The highest BCUT2D eigenvalue weighted by molar-refractivity contribution is 5.89. The number of hydrogen-bond donors (Lipinski definition) is 1. The quantitative estimate of drug-likeness (QED) is 0.787. The molecule has 1 aliphatic rings. The molecule has 120 valence electrons. The van der Waals surface area contributed by atoms with Crippen molar-refractivity contribution in [2.24, 2.45) is 5.92 Å². The maximum atomic E-state index is 12.8. The molecule has 1 aromatic rings. The summed E-state index contributed by atoms with van der Waals surface area (Å²) in [7, 11) is 0. The summed E-state index contributed by atoms with van der Waals surface area (Å²) >= 11 is 0. The Morgan fingerprint density at radius 2 is 2.05 bits per heavy atom. The summed E-state index contributed by atoms with van der Waals surface area (Å²) in [6.45, 7) is 3.74. The average Bonchev–Trinajstić information content (AvgIpc) is 2.88. The van der Waals surface area contributed by atoms with Crippen LogP contribution in [0.5, 0.6) is 0 Å². The molecule has 0 aliphatic carbocycles. The standard InChI is InChI=1S/C17H23FN2O2/c1-2-3-4-9-20-12-14(10-16(20)21)17(22)19-11-13-5-7-15(18)8-6-13/h5-8,14H,2-4,9-12H2,1H3,(H,19,22)/t14-/m0/s1. The van der Waals surface area contributed by atoms with Gasteiger partial charge in [-0.15, -0.1) is 0 Å². The highest BCUT2D eigenvalue weighted by Crippen LogP contribution is 2.19. The first-order valence-corrected chi connectivity index (χ1v) is 7.90. The maximum absolute atomic E-state index is 12.8. The third-order valence-electron chi connectivity index (χ3n) is 4.00. The predicted molar refractivity (Wildman–Crippen MR) is 82.5 cm³/mol. The zero-order valence-electron chi connectivity index (χ0n) is 13.0. The minimum atomic E-state index is -0.292. The van der Waals surface area contributed by atoms with Gasteiger partial charge < -0.3 is 10.2 Å². The van der Waals surface area contributed by atoms with Crippen LogP contribution in [0, 0.1) is 11.7 Å². The topological polar surface area (TPSA) is 49.4 Å². The average molecular weight is 306 g/mol. The molecule has 0 unspecified atom stereocenters. The van der Waals surface area contributed by atoms with E-state index in [1.54, 1.807) is 17.0 Å². The first-order valence-electron chi connectivity index (χ1n) is 7.90. The summed E-state index contributed by atoms with van der Waals surface area (Å²) in [5.74, 6) is -0.595. The normalized spacial score (nSPS) is 17.8. The van der Waals surface area contributed by atoms with Gasteiger partial charge in [-0.05, 0) is 24.1 Å². The van der Waals surface area contributed by atoms with E-state index in [4.69, 9.17) is 0 Å². The highest BCUT2D eigenvalue weighted by atomic mass is 19.1. The lowest BCUT2D eigenvalue weighted by atomic mass is 10.1. The van der Waals surface area contributed by atoms with Crippen LogP contribution in [-0.4, -0.2) is 29.8 Å². The predicted octanol–water partition coefficient (Wildman–Crippen LogP) is 2.48. The molecule has 0 radical (unpaired) electrons. The first-order chi connectivity index (χ1) is 10.6. The molecule has 1 aliphatic heterocycles. The van der Waals surface area contributed by atoms with Crippen molar-refractivity contribution < 1.29 is 14.0 Å². The number of amides is 2. The van der Waals surface area contributed by atoms with E-state index in [2.05, 4.69) is 12.2 Å². The summed E-state index contributed by atoms with van der Waals surface area (Å²) in [6.07, 6.45) is 3.50. The third-order valence-corrected chi connectivity index (χ3v) is 4.00. The number of likely N-dealkylation sites (tertiary alicyclic amines) is 1. The second-order valence-electron chi connectivity index (χ2n) is 5.79. The molecular formula is C17H23FN2O2. The summed E-state index contributed by atoms with van der Waals surface area (Å²) in [5, 5.41) is 2.83. The Balaban J connectivity index is 1.78. The molecular weight excluding hydrogens is 283 g/mol. The Kier molecular flexibility index (Phi) is 5.92. The number of nitrogens with zero attached hydrogens (tertiary/aromatic N) is 1. The van der Waals surface area contributed by atoms with Gasteiger partial charge in [0.05, 0.1) is 5.92 Å². The Morgan fingerprint density at radius 1 is 1.32 bits per heavy atom. The van der Waals surface area contributed by atoms with E-state index in [0.29, 0.717) is 19.5 Å². The molecule has 1 N–H and O–H groups in total. The molecule has 1 atom stereocenters. The second kappa shape index (κ2) is 7.92. The number of benzene rings is 1. The highest BCUT2D eigenvalue weighted by Gasteiger charge is 2.33. The van der Waals surface area contributed by atoms with Gasteiger partial charge in [-0.2, -0.15) is 0 Å². The molecule has 2 rings (SSSR count). The van der Waals surface area contributed by atoms with E-state index in [9.17, 15) is 14.0 Å². The summed E-state index contributed by atoms with van der Waals surface area (Å²) < 4.78 is 12.8. The number of carbonyl (C=O) groups excluding carboxylic acids is 2. The molecule has 0 saturated carbocycles. The molecule has 1 aromatic carbocycles. The monoisotopic (exact) mass is 306 g/mol. The number of carbonyl (C=O) groups is 2. The fraction of sp³-hybridized carbons (Fsp3) is 0.529. The van der Waals surface area contributed by atoms with Crippen LogP contribution in [0.4, 0.5) is 4.39 Å². The van der Waals surface area contributed by atoms with Crippen molar-refractivity contribution in [1.29, 1.82) is 0 Å². The minimum Gasteiger partial charge on any atom is -0.352 e. The number of halogens is 1. The molecule has 4 nitrogen and oxygen atoms in total. The Hall–Kier alpha value is -1.91. The SMILES string of the molecule is CCCCCN1C[C@@H](C(=O)NCc2ccc(F)cc2)CC1=O. The Bertz CT molecular complexity index is 516. The number of unbranched alkanes of at least 4 members (excludes halogenated alkanes) is 2. The van der Waals surface area contributed by atoms with Gasteiger partial charge in [0.2, 0.25) is 11.8 Å². The van der Waals surface area contributed by atoms with Gasteiger partial charge in [-0.1, -0.05) is 31.9 Å². The lowest BCUT2D eigenvalue weighted by Gasteiger charge is -2.16. The molecule has 1 saturated heterocycles. The fourth-order valence-electron chi connectivity index (χ4n) is 2.65. The zero-order valence-corrected chi connectivity index (χ0v) is 13.0. The largest absolute Gasteiger partial charge is 0.352 e. The lowest BCUT2D eigenvalue weighted by molar-refractivity contribution is -0.129. The summed E-state index contributed by atoms with van der Waals surface area (Å²) in [5.41, 5.74) is 0.846. The molecule has 0 aromatic heterocycles. The van der Waals surface area contributed by atoms with Gasteiger partial charge in [0.25, 0.3) is 0 Å². The van der Waals surface area contributed by atoms with E-state index in [1.807, 2.05) is 0 Å². The van der Waals surface area contributed by atoms with Gasteiger partial charge in [0.1, 0.15) is 5.82 Å². The minimum absolute atomic E-state index is 0.0676. The van der Waals surface area contributed by atoms with Crippen LogP contribution in [0.2, 0.25) is 0 Å². The zero-order chi connectivity index (χ0) is 15.9. The van der Waals surface area contributed by atoms with Gasteiger partial charge in [-0.25, -0.2) is 4.39 Å². The molecule has 0 spiro atoms. The molecule has 5 heteroatoms. The van der Waals surface area contributed by atoms with E-state index in [1.165, 1.54) is 12.1 Å². The second-order valence-corrected chi connectivity index (χ2v) is 5.79. The number of rotatable bonds is 7. The van der Waals surface area contributed by atoms with Gasteiger partial charge in [0.15, 0.2) is 0 Å². The van der Waals surface area contributed by atoms with Crippen LogP contribution < -0.4 is 5.32 Å². The van der Waals surface area contributed by atoms with E-state index >= 15 is 0 Å². The van der Waals surface area contributed by atoms with Crippen molar-refractivity contribution in [3.8, 4) is 0 Å². The Morgan fingerprint density at radius 3 is 2.73 bits per heavy atom. The van der Waals surface area contributed by atoms with E-state index in [-0.39, 0.29) is 23.5 Å². The van der Waals surface area contributed by atoms with Crippen molar-refractivity contribution in [1.82, 2.24) is 10.2 Å². The molecule has 1 fully saturated rings. The van der Waals surface area contributed by atoms with Crippen LogP contribution in [0.1, 0.15) is 38.2 Å². The van der Waals surface area contributed by atoms with E-state index in [0.717, 1.165) is 31.4 Å². The van der Waals surface area contributed by atoms with Gasteiger partial charge >= 0.3 is 0 Å². The Labute approximate surface area is 130 Å². The van der Waals surface area contributed by atoms with Crippen LogP contribution in [0.25, 0.3) is 0 Å². The van der Waals surface area contributed by atoms with Crippen LogP contribution >= 0.6 is 0 Å². The smallest absolute Gasteiger partial charge is 0.225 e. The van der Waals surface area contributed by atoms with Crippen LogP contribution in [0.3, 0.4) is 0 Å². The first kappa shape index (κ1) is 16.5. The van der Waals surface area contributed by atoms with Gasteiger partial charge in [0, 0.05) is 26.1 Å². The van der Waals surface area contributed by atoms with Crippen molar-refractivity contribution >= 4 is 11.8 Å². The number of nitrogens with one attached hydrogen (secondary N) is 1. The van der Waals surface area contributed by atoms with Crippen molar-refractivity contribution in [2.75, 3.05) is 13.1 Å². The fourth-order valence-corrected chi connectivity index (χ4v) is 2.65. The van der Waals surface area contributed by atoms with Crippen LogP contribution in [0.15, 0.2) is 24.3 Å². The van der Waals surface area contributed by atoms with Crippen molar-refractivity contribution in [3.05, 3.63) is 35.6 Å². The van der Waals surface area contributed by atoms with E-state index < -0.39 is 0 Å². The maximum Gasteiger partial charge on any atom is 0.225 e. The summed E-state index contributed by atoms with van der Waals surface area (Å²) in [6, 6.07) is 6.03. The van der Waals surface area contributed by atoms with Crippen molar-refractivity contribution in [2.45, 2.75) is 39.2 Å². The molecule has 1 heterocycles. The van der Waals surface area contributed by atoms with Crippen molar-refractivity contribution in [3.63, 3.8) is 0 Å². The molecule has 2 amide bonds. The molecule has 0 bridgehead atoms. The van der Waals surface area contributed by atoms with Gasteiger partial charge in [-0.3, -0.25) is 9.59 Å². The summed E-state index contributed by atoms with van der Waals surface area (Å²) in [4.78, 5) is 25.8. The number of hydrogen-bond acceptors (Lipinski definition) is 2. The van der Waals surface area contributed by atoms with Crippen LogP contribution in [-0.2, 0) is 16.1 Å².